The van der Waals surface area contributed by atoms with Gasteiger partial charge in [0, 0.05) is 11.6 Å². The molecule has 146 valence electrons. The molecule has 0 bridgehead atoms. The molecule has 0 unspecified atom stereocenters. The van der Waals surface area contributed by atoms with E-state index in [9.17, 15) is 18.3 Å². The summed E-state index contributed by atoms with van der Waals surface area (Å²) < 4.78 is 45.4. The van der Waals surface area contributed by atoms with E-state index in [1.54, 1.807) is 24.3 Å². The first kappa shape index (κ1) is 18.7. The third-order valence-electron chi connectivity index (χ3n) is 4.92. The topological polar surface area (TPSA) is 45.4 Å². The highest BCUT2D eigenvalue weighted by Gasteiger charge is 2.32. The Kier molecular flexibility index (Phi) is 4.75. The predicted octanol–water partition coefficient (Wildman–Crippen LogP) is 6.96. The lowest BCUT2D eigenvalue weighted by Gasteiger charge is -2.26. The SMILES string of the molecule is Oc1c(-c2ccccc2Cl)oc(NC2CCC2)c1-c1cccc(C(F)(F)F)c1. The molecule has 0 radical (unpaired) electrons. The van der Waals surface area contributed by atoms with Crippen molar-refractivity contribution in [2.24, 2.45) is 0 Å². The Morgan fingerprint density at radius 1 is 1.07 bits per heavy atom. The normalized spacial score (nSPS) is 14.7. The summed E-state index contributed by atoms with van der Waals surface area (Å²) in [5.74, 6) is 0.130. The minimum atomic E-state index is -4.48. The van der Waals surface area contributed by atoms with Crippen molar-refractivity contribution < 1.29 is 22.7 Å². The van der Waals surface area contributed by atoms with Crippen LogP contribution < -0.4 is 5.32 Å². The second kappa shape index (κ2) is 7.09. The van der Waals surface area contributed by atoms with Crippen LogP contribution in [0.15, 0.2) is 52.9 Å². The van der Waals surface area contributed by atoms with Gasteiger partial charge in [0.1, 0.15) is 0 Å². The Labute approximate surface area is 164 Å². The van der Waals surface area contributed by atoms with Crippen LogP contribution in [0.1, 0.15) is 24.8 Å². The molecular weight excluding hydrogens is 391 g/mol. The van der Waals surface area contributed by atoms with Crippen LogP contribution >= 0.6 is 11.6 Å². The van der Waals surface area contributed by atoms with E-state index in [-0.39, 0.29) is 34.6 Å². The fourth-order valence-corrected chi connectivity index (χ4v) is 3.43. The molecule has 3 aromatic rings. The number of benzene rings is 2. The van der Waals surface area contributed by atoms with Crippen LogP contribution in [0.5, 0.6) is 5.75 Å². The molecule has 1 aliphatic carbocycles. The van der Waals surface area contributed by atoms with Crippen LogP contribution in [0.2, 0.25) is 5.02 Å². The fraction of sp³-hybridized carbons (Fsp3) is 0.238. The molecule has 1 saturated carbocycles. The van der Waals surface area contributed by atoms with Crippen LogP contribution in [0.4, 0.5) is 19.1 Å². The van der Waals surface area contributed by atoms with Crippen molar-refractivity contribution in [3.8, 4) is 28.2 Å². The van der Waals surface area contributed by atoms with E-state index >= 15 is 0 Å². The summed E-state index contributed by atoms with van der Waals surface area (Å²) in [5.41, 5.74) is 0.0974. The molecule has 2 N–H and O–H groups in total. The molecule has 1 aromatic heterocycles. The number of nitrogens with one attached hydrogen (secondary N) is 1. The van der Waals surface area contributed by atoms with E-state index in [2.05, 4.69) is 5.32 Å². The van der Waals surface area contributed by atoms with E-state index in [1.807, 2.05) is 0 Å². The summed E-state index contributed by atoms with van der Waals surface area (Å²) in [6.07, 6.45) is -1.54. The van der Waals surface area contributed by atoms with E-state index in [0.29, 0.717) is 10.6 Å². The molecule has 28 heavy (non-hydrogen) atoms. The van der Waals surface area contributed by atoms with E-state index in [0.717, 1.165) is 31.4 Å². The average Bonchev–Trinajstić information content (AvgIpc) is 2.94. The highest BCUT2D eigenvalue weighted by atomic mass is 35.5. The highest BCUT2D eigenvalue weighted by molar-refractivity contribution is 6.33. The van der Waals surface area contributed by atoms with Gasteiger partial charge in [-0.3, -0.25) is 0 Å². The van der Waals surface area contributed by atoms with Gasteiger partial charge in [-0.2, -0.15) is 13.2 Å². The molecule has 2 aromatic carbocycles. The van der Waals surface area contributed by atoms with Crippen molar-refractivity contribution in [2.45, 2.75) is 31.5 Å². The zero-order valence-electron chi connectivity index (χ0n) is 14.7. The lowest BCUT2D eigenvalue weighted by Crippen LogP contribution is -2.26. The standard InChI is InChI=1S/C21H17ClF3NO2/c22-16-10-2-1-9-15(16)19-18(27)17(20(28-19)26-14-7-4-8-14)12-5-3-6-13(11-12)21(23,24)25/h1-3,5-6,9-11,14,26-27H,4,7-8H2. The summed E-state index contributed by atoms with van der Waals surface area (Å²) in [6.45, 7) is 0. The Bertz CT molecular complexity index is 1010. The van der Waals surface area contributed by atoms with Crippen molar-refractivity contribution in [1.82, 2.24) is 0 Å². The second-order valence-electron chi connectivity index (χ2n) is 6.81. The maximum atomic E-state index is 13.2. The van der Waals surface area contributed by atoms with Crippen molar-refractivity contribution >= 4 is 17.5 Å². The van der Waals surface area contributed by atoms with Gasteiger partial charge in [-0.1, -0.05) is 35.9 Å². The third-order valence-corrected chi connectivity index (χ3v) is 5.25. The number of furan rings is 1. The van der Waals surface area contributed by atoms with Gasteiger partial charge in [-0.15, -0.1) is 0 Å². The van der Waals surface area contributed by atoms with Gasteiger partial charge in [0.05, 0.1) is 16.1 Å². The van der Waals surface area contributed by atoms with Gasteiger partial charge in [0.15, 0.2) is 11.5 Å². The summed E-state index contributed by atoms with van der Waals surface area (Å²) in [5, 5.41) is 14.4. The van der Waals surface area contributed by atoms with Gasteiger partial charge in [-0.25, -0.2) is 0 Å². The predicted molar refractivity (Wildman–Crippen MR) is 103 cm³/mol. The zero-order valence-corrected chi connectivity index (χ0v) is 15.4. The third kappa shape index (κ3) is 3.44. The molecule has 7 heteroatoms. The molecule has 0 aliphatic heterocycles. The maximum absolute atomic E-state index is 13.2. The van der Waals surface area contributed by atoms with Crippen LogP contribution in [0.25, 0.3) is 22.5 Å². The largest absolute Gasteiger partial charge is 0.504 e. The smallest absolute Gasteiger partial charge is 0.416 e. The lowest BCUT2D eigenvalue weighted by molar-refractivity contribution is -0.137. The summed E-state index contributed by atoms with van der Waals surface area (Å²) in [4.78, 5) is 0. The van der Waals surface area contributed by atoms with Gasteiger partial charge in [0.25, 0.3) is 0 Å². The van der Waals surface area contributed by atoms with E-state index in [4.69, 9.17) is 16.0 Å². The molecule has 4 rings (SSSR count). The number of anilines is 1. The van der Waals surface area contributed by atoms with Crippen molar-refractivity contribution in [2.75, 3.05) is 5.32 Å². The minimum absolute atomic E-state index is 0.125. The van der Waals surface area contributed by atoms with Crippen LogP contribution in [-0.2, 0) is 6.18 Å². The number of halogens is 4. The van der Waals surface area contributed by atoms with E-state index in [1.165, 1.54) is 12.1 Å². The lowest BCUT2D eigenvalue weighted by atomic mass is 9.93. The quantitative estimate of drug-likeness (QED) is 0.491. The Balaban J connectivity index is 1.87. The minimum Gasteiger partial charge on any atom is -0.504 e. The molecular formula is C21H17ClF3NO2. The molecule has 1 fully saturated rings. The first-order chi connectivity index (χ1) is 13.3. The summed E-state index contributed by atoms with van der Waals surface area (Å²) in [7, 11) is 0. The van der Waals surface area contributed by atoms with Gasteiger partial charge in [0.2, 0.25) is 5.88 Å². The number of hydrogen-bond donors (Lipinski definition) is 2. The number of hydrogen-bond acceptors (Lipinski definition) is 3. The molecule has 0 saturated heterocycles. The molecule has 0 amide bonds. The fourth-order valence-electron chi connectivity index (χ4n) is 3.21. The van der Waals surface area contributed by atoms with Crippen molar-refractivity contribution in [1.29, 1.82) is 0 Å². The van der Waals surface area contributed by atoms with E-state index < -0.39 is 11.7 Å². The highest BCUT2D eigenvalue weighted by Crippen LogP contribution is 2.49. The Morgan fingerprint density at radius 2 is 1.82 bits per heavy atom. The molecule has 1 heterocycles. The van der Waals surface area contributed by atoms with Gasteiger partial charge < -0.3 is 14.8 Å². The van der Waals surface area contributed by atoms with Crippen molar-refractivity contribution in [3.63, 3.8) is 0 Å². The van der Waals surface area contributed by atoms with Gasteiger partial charge in [-0.05, 0) is 49.1 Å². The van der Waals surface area contributed by atoms with Crippen LogP contribution in [0, 0.1) is 0 Å². The maximum Gasteiger partial charge on any atom is 0.416 e. The molecule has 1 aliphatic rings. The van der Waals surface area contributed by atoms with Crippen molar-refractivity contribution in [3.05, 3.63) is 59.1 Å². The molecule has 0 spiro atoms. The van der Waals surface area contributed by atoms with Gasteiger partial charge >= 0.3 is 6.18 Å². The van der Waals surface area contributed by atoms with Crippen LogP contribution in [0.3, 0.4) is 0 Å². The number of alkyl halides is 3. The Morgan fingerprint density at radius 3 is 2.46 bits per heavy atom. The first-order valence-electron chi connectivity index (χ1n) is 8.89. The monoisotopic (exact) mass is 407 g/mol. The summed E-state index contributed by atoms with van der Waals surface area (Å²) in [6, 6.07) is 11.8. The molecule has 0 atom stereocenters. The van der Waals surface area contributed by atoms with Crippen LogP contribution in [-0.4, -0.2) is 11.1 Å². The number of aromatic hydroxyl groups is 1. The number of rotatable bonds is 4. The zero-order chi connectivity index (χ0) is 19.9. The second-order valence-corrected chi connectivity index (χ2v) is 7.22. The Hall–Kier alpha value is -2.60. The average molecular weight is 408 g/mol. The summed E-state index contributed by atoms with van der Waals surface area (Å²) >= 11 is 6.23. The molecule has 3 nitrogen and oxygen atoms in total. The first-order valence-corrected chi connectivity index (χ1v) is 9.27.